The molecule has 6 nitrogen and oxygen atoms in total. The summed E-state index contributed by atoms with van der Waals surface area (Å²) in [5.74, 6) is -0.217. The molecular formula is C14H12N2O4S. The molecule has 1 aromatic heterocycles. The van der Waals surface area contributed by atoms with Crippen LogP contribution in [0.5, 0.6) is 5.75 Å². The van der Waals surface area contributed by atoms with Crippen LogP contribution >= 0.6 is 0 Å². The van der Waals surface area contributed by atoms with Crippen LogP contribution in [0.25, 0.3) is 11.0 Å². The standard InChI is InChI=1S/C14H12N2O4S/c17-11-7-5-10(6-8-11)16-21(18,19)9-13-12-3-1-2-4-14(12)20-15-13/h1-8,16-17H,9H2. The van der Waals surface area contributed by atoms with Crippen molar-refractivity contribution < 1.29 is 18.0 Å². The number of hydrogen-bond acceptors (Lipinski definition) is 5. The van der Waals surface area contributed by atoms with Crippen LogP contribution in [0.3, 0.4) is 0 Å². The predicted molar refractivity (Wildman–Crippen MR) is 78.4 cm³/mol. The van der Waals surface area contributed by atoms with Crippen molar-refractivity contribution in [2.45, 2.75) is 5.75 Å². The molecule has 1 heterocycles. The van der Waals surface area contributed by atoms with Gasteiger partial charge in [-0.15, -0.1) is 0 Å². The van der Waals surface area contributed by atoms with Crippen LogP contribution in [-0.2, 0) is 15.8 Å². The number of phenolic OH excluding ortho intramolecular Hbond substituents is 1. The first-order valence-electron chi connectivity index (χ1n) is 6.16. The zero-order valence-electron chi connectivity index (χ0n) is 10.9. The SMILES string of the molecule is O=S(=O)(Cc1noc2ccccc12)Nc1ccc(O)cc1. The second kappa shape index (κ2) is 5.10. The van der Waals surface area contributed by atoms with Gasteiger partial charge in [-0.2, -0.15) is 0 Å². The summed E-state index contributed by atoms with van der Waals surface area (Å²) in [7, 11) is -3.62. The molecule has 0 atom stereocenters. The fourth-order valence-electron chi connectivity index (χ4n) is 1.97. The number of benzene rings is 2. The van der Waals surface area contributed by atoms with Crippen LogP contribution in [0.2, 0.25) is 0 Å². The largest absolute Gasteiger partial charge is 0.508 e. The average Bonchev–Trinajstić information content (AvgIpc) is 2.84. The molecular weight excluding hydrogens is 292 g/mol. The molecule has 0 unspecified atom stereocenters. The molecule has 0 aliphatic carbocycles. The molecule has 108 valence electrons. The molecule has 0 saturated carbocycles. The van der Waals surface area contributed by atoms with Crippen molar-refractivity contribution in [1.82, 2.24) is 5.16 Å². The van der Waals surface area contributed by atoms with Gasteiger partial charge in [0.25, 0.3) is 0 Å². The second-order valence-corrected chi connectivity index (χ2v) is 6.26. The zero-order valence-corrected chi connectivity index (χ0v) is 11.7. The van der Waals surface area contributed by atoms with Gasteiger partial charge in [0.05, 0.1) is 0 Å². The number of para-hydroxylation sites is 1. The van der Waals surface area contributed by atoms with Crippen LogP contribution in [0.4, 0.5) is 5.69 Å². The zero-order chi connectivity index (χ0) is 14.9. The monoisotopic (exact) mass is 304 g/mol. The van der Waals surface area contributed by atoms with E-state index in [0.29, 0.717) is 22.4 Å². The van der Waals surface area contributed by atoms with Crippen molar-refractivity contribution in [2.75, 3.05) is 4.72 Å². The summed E-state index contributed by atoms with van der Waals surface area (Å²) in [5.41, 5.74) is 1.28. The van der Waals surface area contributed by atoms with E-state index in [1.807, 2.05) is 0 Å². The number of aromatic hydroxyl groups is 1. The van der Waals surface area contributed by atoms with Gasteiger partial charge >= 0.3 is 0 Å². The summed E-state index contributed by atoms with van der Waals surface area (Å²) in [4.78, 5) is 0. The quantitative estimate of drug-likeness (QED) is 0.722. The molecule has 2 aromatic carbocycles. The number of fused-ring (bicyclic) bond motifs is 1. The van der Waals surface area contributed by atoms with Gasteiger partial charge in [-0.3, -0.25) is 4.72 Å². The van der Waals surface area contributed by atoms with Crippen molar-refractivity contribution in [2.24, 2.45) is 0 Å². The molecule has 0 saturated heterocycles. The molecule has 3 rings (SSSR count). The Hall–Kier alpha value is -2.54. The maximum absolute atomic E-state index is 12.1. The van der Waals surface area contributed by atoms with Gasteiger partial charge in [-0.1, -0.05) is 17.3 Å². The number of nitrogens with one attached hydrogen (secondary N) is 1. The van der Waals surface area contributed by atoms with E-state index >= 15 is 0 Å². The predicted octanol–water partition coefficient (Wildman–Crippen LogP) is 2.48. The normalized spacial score (nSPS) is 11.6. The summed E-state index contributed by atoms with van der Waals surface area (Å²) in [6.07, 6.45) is 0. The summed E-state index contributed by atoms with van der Waals surface area (Å²) in [6.45, 7) is 0. The lowest BCUT2D eigenvalue weighted by atomic mass is 10.2. The first kappa shape index (κ1) is 13.4. The molecule has 3 aromatic rings. The number of anilines is 1. The molecule has 0 fully saturated rings. The summed E-state index contributed by atoms with van der Waals surface area (Å²) in [5, 5.41) is 13.7. The molecule has 0 aliphatic heterocycles. The molecule has 0 aliphatic rings. The maximum Gasteiger partial charge on any atom is 0.238 e. The summed E-state index contributed by atoms with van der Waals surface area (Å²) < 4.78 is 31.8. The Balaban J connectivity index is 1.84. The molecule has 7 heteroatoms. The van der Waals surface area contributed by atoms with E-state index in [4.69, 9.17) is 4.52 Å². The van der Waals surface area contributed by atoms with Crippen molar-refractivity contribution >= 4 is 26.7 Å². The first-order valence-corrected chi connectivity index (χ1v) is 7.81. The number of sulfonamides is 1. The van der Waals surface area contributed by atoms with E-state index in [1.165, 1.54) is 24.3 Å². The molecule has 0 radical (unpaired) electrons. The molecule has 0 bridgehead atoms. The fourth-order valence-corrected chi connectivity index (χ4v) is 3.10. The van der Waals surface area contributed by atoms with Crippen LogP contribution in [0.15, 0.2) is 53.1 Å². The third-order valence-corrected chi connectivity index (χ3v) is 4.12. The van der Waals surface area contributed by atoms with Crippen LogP contribution < -0.4 is 4.72 Å². The lowest BCUT2D eigenvalue weighted by Crippen LogP contribution is -2.15. The number of aromatic nitrogens is 1. The summed E-state index contributed by atoms with van der Waals surface area (Å²) >= 11 is 0. The minimum absolute atomic E-state index is 0.0699. The minimum Gasteiger partial charge on any atom is -0.508 e. The topological polar surface area (TPSA) is 92.4 Å². The molecule has 2 N–H and O–H groups in total. The third-order valence-electron chi connectivity index (χ3n) is 2.92. The Labute approximate surface area is 121 Å². The Kier molecular flexibility index (Phi) is 3.26. The highest BCUT2D eigenvalue weighted by atomic mass is 32.2. The van der Waals surface area contributed by atoms with Gasteiger partial charge in [0.1, 0.15) is 17.2 Å². The fraction of sp³-hybridized carbons (Fsp3) is 0.0714. The highest BCUT2D eigenvalue weighted by Gasteiger charge is 2.17. The number of rotatable bonds is 4. The average molecular weight is 304 g/mol. The highest BCUT2D eigenvalue weighted by Crippen LogP contribution is 2.21. The van der Waals surface area contributed by atoms with Gasteiger partial charge in [-0.05, 0) is 36.4 Å². The van der Waals surface area contributed by atoms with Crippen molar-refractivity contribution in [3.63, 3.8) is 0 Å². The van der Waals surface area contributed by atoms with Crippen LogP contribution in [0.1, 0.15) is 5.69 Å². The van der Waals surface area contributed by atoms with Gasteiger partial charge in [0.2, 0.25) is 10.0 Å². The van der Waals surface area contributed by atoms with E-state index in [2.05, 4.69) is 9.88 Å². The second-order valence-electron chi connectivity index (χ2n) is 4.53. The van der Waals surface area contributed by atoms with E-state index in [1.54, 1.807) is 24.3 Å². The van der Waals surface area contributed by atoms with Crippen LogP contribution in [0, 0.1) is 0 Å². The van der Waals surface area contributed by atoms with E-state index in [0.717, 1.165) is 0 Å². The molecule has 0 amide bonds. The number of hydrogen-bond donors (Lipinski definition) is 2. The third kappa shape index (κ3) is 2.97. The summed E-state index contributed by atoms with van der Waals surface area (Å²) in [6, 6.07) is 12.8. The van der Waals surface area contributed by atoms with Gasteiger partial charge in [0.15, 0.2) is 5.58 Å². The Morgan fingerprint density at radius 2 is 1.81 bits per heavy atom. The Morgan fingerprint density at radius 1 is 1.10 bits per heavy atom. The van der Waals surface area contributed by atoms with Crippen molar-refractivity contribution in [1.29, 1.82) is 0 Å². The molecule has 0 spiro atoms. The first-order chi connectivity index (χ1) is 10.0. The van der Waals surface area contributed by atoms with Gasteiger partial charge < -0.3 is 9.63 Å². The van der Waals surface area contributed by atoms with Gasteiger partial charge in [0, 0.05) is 11.1 Å². The number of nitrogens with zero attached hydrogens (tertiary/aromatic N) is 1. The lowest BCUT2D eigenvalue weighted by Gasteiger charge is -2.06. The maximum atomic E-state index is 12.1. The Morgan fingerprint density at radius 3 is 2.57 bits per heavy atom. The van der Waals surface area contributed by atoms with E-state index in [-0.39, 0.29) is 11.5 Å². The highest BCUT2D eigenvalue weighted by molar-refractivity contribution is 7.91. The van der Waals surface area contributed by atoms with Crippen molar-refractivity contribution in [3.05, 3.63) is 54.2 Å². The number of phenols is 1. The lowest BCUT2D eigenvalue weighted by molar-refractivity contribution is 0.448. The van der Waals surface area contributed by atoms with E-state index in [9.17, 15) is 13.5 Å². The van der Waals surface area contributed by atoms with Crippen molar-refractivity contribution in [3.8, 4) is 5.75 Å². The minimum atomic E-state index is -3.62. The smallest absolute Gasteiger partial charge is 0.238 e. The Bertz CT molecular complexity index is 869. The van der Waals surface area contributed by atoms with Crippen LogP contribution in [-0.4, -0.2) is 18.7 Å². The van der Waals surface area contributed by atoms with Gasteiger partial charge in [-0.25, -0.2) is 8.42 Å². The van der Waals surface area contributed by atoms with E-state index < -0.39 is 10.0 Å². The molecule has 21 heavy (non-hydrogen) atoms.